The third kappa shape index (κ3) is 3.11. The van der Waals surface area contributed by atoms with Crippen LogP contribution in [-0.4, -0.2) is 13.1 Å². The molecule has 0 saturated heterocycles. The van der Waals surface area contributed by atoms with Gasteiger partial charge in [-0.3, -0.25) is 0 Å². The lowest BCUT2D eigenvalue weighted by Crippen LogP contribution is -2.42. The first-order valence-electron chi connectivity index (χ1n) is 7.24. The molecular weight excluding hydrogens is 261 g/mol. The molecule has 2 rings (SSSR count). The molecule has 0 heterocycles. The van der Waals surface area contributed by atoms with Gasteiger partial charge in [0.1, 0.15) is 5.82 Å². The Balaban J connectivity index is 2.37. The van der Waals surface area contributed by atoms with Gasteiger partial charge in [0.2, 0.25) is 0 Å². The van der Waals surface area contributed by atoms with Crippen LogP contribution in [0.2, 0.25) is 5.02 Å². The molecular formula is C16H23ClFN. The Morgan fingerprint density at radius 2 is 2.05 bits per heavy atom. The number of likely N-dealkylation sites (N-methyl/N-ethyl adjacent to an activating group) is 1. The molecule has 1 aromatic rings. The standard InChI is InChI=1S/C16H23ClFN/c1-3-19-11-16(9-7-12(2)8-10-16)15-13(17)5-4-6-14(15)18/h4-6,12,19H,3,7-11H2,1-2H3. The predicted molar refractivity (Wildman–Crippen MR) is 79.3 cm³/mol. The predicted octanol–water partition coefficient (Wildman–Crippen LogP) is 4.54. The summed E-state index contributed by atoms with van der Waals surface area (Å²) in [5, 5.41) is 3.98. The van der Waals surface area contributed by atoms with Gasteiger partial charge in [0, 0.05) is 22.5 Å². The SMILES string of the molecule is CCNCC1(c2c(F)cccc2Cl)CCC(C)CC1. The summed E-state index contributed by atoms with van der Waals surface area (Å²) in [6.07, 6.45) is 4.33. The summed E-state index contributed by atoms with van der Waals surface area (Å²) in [6, 6.07) is 5.03. The minimum absolute atomic E-state index is 0.134. The van der Waals surface area contributed by atoms with E-state index in [2.05, 4.69) is 19.2 Å². The van der Waals surface area contributed by atoms with E-state index in [-0.39, 0.29) is 11.2 Å². The lowest BCUT2D eigenvalue weighted by molar-refractivity contribution is 0.229. The lowest BCUT2D eigenvalue weighted by atomic mass is 9.66. The minimum atomic E-state index is -0.153. The van der Waals surface area contributed by atoms with Crippen molar-refractivity contribution in [2.24, 2.45) is 5.92 Å². The van der Waals surface area contributed by atoms with Gasteiger partial charge in [-0.15, -0.1) is 0 Å². The normalized spacial score (nSPS) is 27.5. The van der Waals surface area contributed by atoms with Crippen molar-refractivity contribution in [2.75, 3.05) is 13.1 Å². The van der Waals surface area contributed by atoms with E-state index in [1.165, 1.54) is 6.07 Å². The molecule has 1 N–H and O–H groups in total. The van der Waals surface area contributed by atoms with Crippen LogP contribution in [0.5, 0.6) is 0 Å². The number of benzene rings is 1. The van der Waals surface area contributed by atoms with E-state index < -0.39 is 0 Å². The Morgan fingerprint density at radius 1 is 1.37 bits per heavy atom. The van der Waals surface area contributed by atoms with E-state index in [0.717, 1.165) is 50.3 Å². The summed E-state index contributed by atoms with van der Waals surface area (Å²) in [6.45, 7) is 6.09. The van der Waals surface area contributed by atoms with Gasteiger partial charge in [0.15, 0.2) is 0 Å². The van der Waals surface area contributed by atoms with Gasteiger partial charge < -0.3 is 5.32 Å². The Hall–Kier alpha value is -0.600. The monoisotopic (exact) mass is 283 g/mol. The highest BCUT2D eigenvalue weighted by atomic mass is 35.5. The molecule has 1 aliphatic carbocycles. The Labute approximate surface area is 120 Å². The fourth-order valence-corrected chi connectivity index (χ4v) is 3.56. The summed E-state index contributed by atoms with van der Waals surface area (Å²) >= 11 is 6.30. The van der Waals surface area contributed by atoms with Gasteiger partial charge in [-0.25, -0.2) is 4.39 Å². The average molecular weight is 284 g/mol. The van der Waals surface area contributed by atoms with Crippen LogP contribution in [-0.2, 0) is 5.41 Å². The van der Waals surface area contributed by atoms with Crippen LogP contribution in [0.3, 0.4) is 0 Å². The summed E-state index contributed by atoms with van der Waals surface area (Å²) < 4.78 is 14.3. The molecule has 0 aromatic heterocycles. The third-order valence-electron chi connectivity index (χ3n) is 4.44. The van der Waals surface area contributed by atoms with Gasteiger partial charge in [-0.1, -0.05) is 31.5 Å². The van der Waals surface area contributed by atoms with E-state index in [9.17, 15) is 4.39 Å². The molecule has 0 aliphatic heterocycles. The van der Waals surface area contributed by atoms with Crippen LogP contribution in [0.25, 0.3) is 0 Å². The van der Waals surface area contributed by atoms with E-state index in [1.54, 1.807) is 6.07 Å². The molecule has 106 valence electrons. The minimum Gasteiger partial charge on any atom is -0.316 e. The maximum atomic E-state index is 14.3. The molecule has 1 aliphatic rings. The third-order valence-corrected chi connectivity index (χ3v) is 4.75. The molecule has 3 heteroatoms. The molecule has 0 bridgehead atoms. The van der Waals surface area contributed by atoms with Crippen molar-refractivity contribution in [3.05, 3.63) is 34.6 Å². The first kappa shape index (κ1) is 14.8. The average Bonchev–Trinajstić information content (AvgIpc) is 2.39. The summed E-state index contributed by atoms with van der Waals surface area (Å²) in [5.41, 5.74) is 0.592. The van der Waals surface area contributed by atoms with Gasteiger partial charge in [0.25, 0.3) is 0 Å². The Bertz CT molecular complexity index is 399. The molecule has 1 saturated carbocycles. The molecule has 19 heavy (non-hydrogen) atoms. The number of rotatable bonds is 4. The largest absolute Gasteiger partial charge is 0.316 e. The zero-order chi connectivity index (χ0) is 13.9. The first-order chi connectivity index (χ1) is 9.09. The van der Waals surface area contributed by atoms with Crippen LogP contribution in [0.15, 0.2) is 18.2 Å². The maximum Gasteiger partial charge on any atom is 0.128 e. The molecule has 0 amide bonds. The molecule has 0 spiro atoms. The topological polar surface area (TPSA) is 12.0 Å². The second-order valence-corrected chi connectivity index (χ2v) is 6.25. The highest BCUT2D eigenvalue weighted by molar-refractivity contribution is 6.31. The van der Waals surface area contributed by atoms with Crippen molar-refractivity contribution in [1.82, 2.24) is 5.32 Å². The van der Waals surface area contributed by atoms with Gasteiger partial charge in [0.05, 0.1) is 0 Å². The molecule has 0 atom stereocenters. The smallest absolute Gasteiger partial charge is 0.128 e. The number of hydrogen-bond acceptors (Lipinski definition) is 1. The Morgan fingerprint density at radius 3 is 2.63 bits per heavy atom. The van der Waals surface area contributed by atoms with Gasteiger partial charge >= 0.3 is 0 Å². The molecule has 0 radical (unpaired) electrons. The quantitative estimate of drug-likeness (QED) is 0.856. The van der Waals surface area contributed by atoms with Crippen molar-refractivity contribution in [3.8, 4) is 0 Å². The van der Waals surface area contributed by atoms with Crippen LogP contribution >= 0.6 is 11.6 Å². The lowest BCUT2D eigenvalue weighted by Gasteiger charge is -2.41. The second-order valence-electron chi connectivity index (χ2n) is 5.84. The number of hydrogen-bond donors (Lipinski definition) is 1. The van der Waals surface area contributed by atoms with Gasteiger partial charge in [-0.05, 0) is 50.3 Å². The van der Waals surface area contributed by atoms with Crippen LogP contribution in [0, 0.1) is 11.7 Å². The van der Waals surface area contributed by atoms with E-state index in [1.807, 2.05) is 6.07 Å². The summed E-state index contributed by atoms with van der Waals surface area (Å²) in [5.74, 6) is 0.584. The van der Waals surface area contributed by atoms with Crippen LogP contribution in [0.4, 0.5) is 4.39 Å². The summed E-state index contributed by atoms with van der Waals surface area (Å²) in [7, 11) is 0. The van der Waals surface area contributed by atoms with Gasteiger partial charge in [-0.2, -0.15) is 0 Å². The number of halogens is 2. The van der Waals surface area contributed by atoms with E-state index in [4.69, 9.17) is 11.6 Å². The molecule has 0 unspecified atom stereocenters. The first-order valence-corrected chi connectivity index (χ1v) is 7.62. The maximum absolute atomic E-state index is 14.3. The summed E-state index contributed by atoms with van der Waals surface area (Å²) in [4.78, 5) is 0. The van der Waals surface area contributed by atoms with Crippen molar-refractivity contribution in [2.45, 2.75) is 44.9 Å². The fraction of sp³-hybridized carbons (Fsp3) is 0.625. The fourth-order valence-electron chi connectivity index (χ4n) is 3.20. The number of nitrogens with one attached hydrogen (secondary N) is 1. The van der Waals surface area contributed by atoms with Crippen molar-refractivity contribution in [1.29, 1.82) is 0 Å². The van der Waals surface area contributed by atoms with Crippen molar-refractivity contribution in [3.63, 3.8) is 0 Å². The second kappa shape index (κ2) is 6.23. The molecule has 1 fully saturated rings. The van der Waals surface area contributed by atoms with Crippen molar-refractivity contribution >= 4 is 11.6 Å². The zero-order valence-corrected chi connectivity index (χ0v) is 12.6. The zero-order valence-electron chi connectivity index (χ0n) is 11.8. The molecule has 1 aromatic carbocycles. The Kier molecular flexibility index (Phi) is 4.86. The highest BCUT2D eigenvalue weighted by Crippen LogP contribution is 2.44. The molecule has 1 nitrogen and oxygen atoms in total. The van der Waals surface area contributed by atoms with E-state index >= 15 is 0 Å². The van der Waals surface area contributed by atoms with Crippen LogP contribution < -0.4 is 5.32 Å². The van der Waals surface area contributed by atoms with Crippen LogP contribution in [0.1, 0.15) is 45.1 Å². The highest BCUT2D eigenvalue weighted by Gasteiger charge is 2.38. The van der Waals surface area contributed by atoms with E-state index in [0.29, 0.717) is 5.02 Å². The van der Waals surface area contributed by atoms with Crippen molar-refractivity contribution < 1.29 is 4.39 Å².